The van der Waals surface area contributed by atoms with Gasteiger partial charge in [-0.05, 0) is 33.7 Å². The van der Waals surface area contributed by atoms with Crippen LogP contribution in [0.15, 0.2) is 0 Å². The maximum absolute atomic E-state index is 11.9. The second-order valence-corrected chi connectivity index (χ2v) is 5.25. The smallest absolute Gasteiger partial charge is 0.234 e. The summed E-state index contributed by atoms with van der Waals surface area (Å²) in [6.07, 6.45) is 4.41. The Bertz CT molecular complexity index is 234. The first-order chi connectivity index (χ1) is 7.49. The first-order valence-corrected chi connectivity index (χ1v) is 6.20. The lowest BCUT2D eigenvalue weighted by atomic mass is 9.98. The van der Waals surface area contributed by atoms with Gasteiger partial charge in [-0.1, -0.05) is 12.8 Å². The van der Waals surface area contributed by atoms with Crippen molar-refractivity contribution >= 4 is 5.91 Å². The summed E-state index contributed by atoms with van der Waals surface area (Å²) >= 11 is 0. The molecule has 4 nitrogen and oxygen atoms in total. The summed E-state index contributed by atoms with van der Waals surface area (Å²) in [4.78, 5) is 13.9. The number of amides is 1. The Morgan fingerprint density at radius 3 is 2.44 bits per heavy atom. The molecule has 0 bridgehead atoms. The van der Waals surface area contributed by atoms with Crippen LogP contribution < -0.4 is 11.1 Å². The molecule has 1 aliphatic rings. The van der Waals surface area contributed by atoms with Crippen molar-refractivity contribution in [3.05, 3.63) is 0 Å². The summed E-state index contributed by atoms with van der Waals surface area (Å²) in [6.45, 7) is 5.19. The maximum Gasteiger partial charge on any atom is 0.234 e. The number of nitrogens with zero attached hydrogens (tertiary/aromatic N) is 1. The van der Waals surface area contributed by atoms with Crippen LogP contribution in [-0.4, -0.2) is 42.5 Å². The molecule has 1 amide bonds. The normalized spacial score (nSPS) is 19.4. The van der Waals surface area contributed by atoms with Gasteiger partial charge in [0.1, 0.15) is 0 Å². The molecule has 4 heteroatoms. The van der Waals surface area contributed by atoms with E-state index in [9.17, 15) is 4.79 Å². The quantitative estimate of drug-likeness (QED) is 0.727. The number of rotatable bonds is 5. The number of likely N-dealkylation sites (N-methyl/N-ethyl adjacent to an activating group) is 1. The van der Waals surface area contributed by atoms with E-state index in [1.807, 2.05) is 11.9 Å². The number of hydrogen-bond acceptors (Lipinski definition) is 3. The summed E-state index contributed by atoms with van der Waals surface area (Å²) in [7, 11) is 1.97. The molecule has 0 unspecified atom stereocenters. The van der Waals surface area contributed by atoms with E-state index in [0.717, 1.165) is 12.8 Å². The van der Waals surface area contributed by atoms with Gasteiger partial charge in [0.05, 0.1) is 12.1 Å². The summed E-state index contributed by atoms with van der Waals surface area (Å²) in [5.74, 6) is 0.101. The topological polar surface area (TPSA) is 58.4 Å². The van der Waals surface area contributed by atoms with E-state index in [1.54, 1.807) is 0 Å². The van der Waals surface area contributed by atoms with Crippen molar-refractivity contribution < 1.29 is 4.79 Å². The predicted octanol–water partition coefficient (Wildman–Crippen LogP) is 0.714. The van der Waals surface area contributed by atoms with Gasteiger partial charge in [-0.3, -0.25) is 9.69 Å². The van der Waals surface area contributed by atoms with Crippen molar-refractivity contribution in [3.63, 3.8) is 0 Å². The Balaban J connectivity index is 2.43. The molecular weight excluding hydrogens is 202 g/mol. The molecule has 0 radical (unpaired) electrons. The van der Waals surface area contributed by atoms with Crippen molar-refractivity contribution in [2.45, 2.75) is 51.1 Å². The summed E-state index contributed by atoms with van der Waals surface area (Å²) in [5, 5.41) is 3.12. The lowest BCUT2D eigenvalue weighted by molar-refractivity contribution is -0.124. The van der Waals surface area contributed by atoms with E-state index in [-0.39, 0.29) is 11.4 Å². The van der Waals surface area contributed by atoms with Crippen molar-refractivity contribution in [1.29, 1.82) is 0 Å². The van der Waals surface area contributed by atoms with E-state index < -0.39 is 0 Å². The molecule has 1 saturated carbocycles. The van der Waals surface area contributed by atoms with Crippen LogP contribution in [-0.2, 0) is 4.79 Å². The van der Waals surface area contributed by atoms with Gasteiger partial charge >= 0.3 is 0 Å². The van der Waals surface area contributed by atoms with Gasteiger partial charge in [-0.15, -0.1) is 0 Å². The molecule has 0 atom stereocenters. The van der Waals surface area contributed by atoms with Crippen LogP contribution in [0.2, 0.25) is 0 Å². The molecule has 94 valence electrons. The van der Waals surface area contributed by atoms with Crippen LogP contribution in [0.1, 0.15) is 39.5 Å². The highest BCUT2D eigenvalue weighted by Crippen LogP contribution is 2.28. The second kappa shape index (κ2) is 5.64. The molecule has 0 aromatic heterocycles. The fraction of sp³-hybridized carbons (Fsp3) is 0.917. The van der Waals surface area contributed by atoms with E-state index in [1.165, 1.54) is 12.8 Å². The highest BCUT2D eigenvalue weighted by atomic mass is 16.2. The molecule has 0 spiro atoms. The zero-order chi connectivity index (χ0) is 12.2. The number of carbonyl (C=O) groups is 1. The molecule has 0 saturated heterocycles. The lowest BCUT2D eigenvalue weighted by Crippen LogP contribution is -2.54. The van der Waals surface area contributed by atoms with Gasteiger partial charge in [0.2, 0.25) is 5.91 Å². The van der Waals surface area contributed by atoms with Gasteiger partial charge < -0.3 is 11.1 Å². The Hall–Kier alpha value is -0.610. The van der Waals surface area contributed by atoms with Crippen molar-refractivity contribution in [1.82, 2.24) is 10.2 Å². The van der Waals surface area contributed by atoms with Gasteiger partial charge in [0.25, 0.3) is 0 Å². The SMILES string of the molecule is CC(C)N(C)CC(=O)NC1(CN)CCCC1. The van der Waals surface area contributed by atoms with Gasteiger partial charge in [-0.2, -0.15) is 0 Å². The fourth-order valence-electron chi connectivity index (χ4n) is 2.18. The highest BCUT2D eigenvalue weighted by molar-refractivity contribution is 5.79. The van der Waals surface area contributed by atoms with Gasteiger partial charge in [-0.25, -0.2) is 0 Å². The van der Waals surface area contributed by atoms with E-state index in [2.05, 4.69) is 19.2 Å². The Labute approximate surface area is 98.6 Å². The molecule has 1 fully saturated rings. The second-order valence-electron chi connectivity index (χ2n) is 5.25. The van der Waals surface area contributed by atoms with Gasteiger partial charge in [0, 0.05) is 12.6 Å². The average molecular weight is 227 g/mol. The monoisotopic (exact) mass is 227 g/mol. The van der Waals surface area contributed by atoms with Crippen molar-refractivity contribution in [3.8, 4) is 0 Å². The molecule has 0 aromatic rings. The average Bonchev–Trinajstić information content (AvgIpc) is 2.66. The Morgan fingerprint density at radius 2 is 2.00 bits per heavy atom. The predicted molar refractivity (Wildman–Crippen MR) is 66.2 cm³/mol. The van der Waals surface area contributed by atoms with Crippen molar-refractivity contribution in [2.75, 3.05) is 20.1 Å². The molecule has 1 rings (SSSR count). The van der Waals surface area contributed by atoms with Crippen LogP contribution in [0, 0.1) is 0 Å². The van der Waals surface area contributed by atoms with Crippen LogP contribution in [0.25, 0.3) is 0 Å². The maximum atomic E-state index is 11.9. The van der Waals surface area contributed by atoms with Crippen molar-refractivity contribution in [2.24, 2.45) is 5.73 Å². The summed E-state index contributed by atoms with van der Waals surface area (Å²) in [6, 6.07) is 0.392. The van der Waals surface area contributed by atoms with E-state index in [0.29, 0.717) is 19.1 Å². The third kappa shape index (κ3) is 3.46. The number of nitrogens with two attached hydrogens (primary N) is 1. The zero-order valence-corrected chi connectivity index (χ0v) is 10.8. The standard InChI is InChI=1S/C12H25N3O/c1-10(2)15(3)8-11(16)14-12(9-13)6-4-5-7-12/h10H,4-9,13H2,1-3H3,(H,14,16). The first-order valence-electron chi connectivity index (χ1n) is 6.20. The molecule has 1 aliphatic carbocycles. The first kappa shape index (κ1) is 13.5. The van der Waals surface area contributed by atoms with Crippen LogP contribution >= 0.6 is 0 Å². The number of nitrogens with one attached hydrogen (secondary N) is 1. The van der Waals surface area contributed by atoms with E-state index >= 15 is 0 Å². The highest BCUT2D eigenvalue weighted by Gasteiger charge is 2.33. The Morgan fingerprint density at radius 1 is 1.44 bits per heavy atom. The fourth-order valence-corrected chi connectivity index (χ4v) is 2.18. The van der Waals surface area contributed by atoms with Crippen LogP contribution in [0.3, 0.4) is 0 Å². The minimum absolute atomic E-state index is 0.101. The largest absolute Gasteiger partial charge is 0.348 e. The third-order valence-electron chi connectivity index (χ3n) is 3.63. The molecule has 0 heterocycles. The summed E-state index contributed by atoms with van der Waals surface area (Å²) < 4.78 is 0. The summed E-state index contributed by atoms with van der Waals surface area (Å²) in [5.41, 5.74) is 5.66. The zero-order valence-electron chi connectivity index (χ0n) is 10.8. The lowest BCUT2D eigenvalue weighted by Gasteiger charge is -2.30. The molecule has 16 heavy (non-hydrogen) atoms. The van der Waals surface area contributed by atoms with E-state index in [4.69, 9.17) is 5.73 Å². The van der Waals surface area contributed by atoms with Gasteiger partial charge in [0.15, 0.2) is 0 Å². The number of hydrogen-bond donors (Lipinski definition) is 2. The third-order valence-corrected chi connectivity index (χ3v) is 3.63. The van der Waals surface area contributed by atoms with Crippen LogP contribution in [0.4, 0.5) is 0 Å². The molecule has 0 aromatic carbocycles. The Kier molecular flexibility index (Phi) is 4.74. The molecular formula is C12H25N3O. The molecule has 3 N–H and O–H groups in total. The van der Waals surface area contributed by atoms with Crippen LogP contribution in [0.5, 0.6) is 0 Å². The number of carbonyl (C=O) groups excluding carboxylic acids is 1. The molecule has 0 aliphatic heterocycles. The minimum atomic E-state index is -0.116. The minimum Gasteiger partial charge on any atom is -0.348 e.